The minimum atomic E-state index is 0.617. The lowest BCUT2D eigenvalue weighted by Gasteiger charge is -2.37. The van der Waals surface area contributed by atoms with Gasteiger partial charge in [0.05, 0.1) is 0 Å². The van der Waals surface area contributed by atoms with Crippen LogP contribution in [-0.2, 0) is 0 Å². The van der Waals surface area contributed by atoms with Crippen molar-refractivity contribution in [1.29, 1.82) is 0 Å². The number of nitrogens with two attached hydrogens (primary N) is 1. The Bertz CT molecular complexity index is 422. The van der Waals surface area contributed by atoms with Gasteiger partial charge in [0.15, 0.2) is 0 Å². The van der Waals surface area contributed by atoms with Gasteiger partial charge in [-0.2, -0.15) is 0 Å². The average Bonchev–Trinajstić information content (AvgIpc) is 3.00. The van der Waals surface area contributed by atoms with E-state index in [-0.39, 0.29) is 0 Å². The van der Waals surface area contributed by atoms with Gasteiger partial charge in [0.25, 0.3) is 0 Å². The molecule has 2 nitrogen and oxygen atoms in total. The predicted molar refractivity (Wildman–Crippen MR) is 89.3 cm³/mol. The van der Waals surface area contributed by atoms with Gasteiger partial charge in [0, 0.05) is 19.1 Å². The molecule has 1 heterocycles. The number of likely N-dealkylation sites (tertiary alicyclic amines) is 1. The van der Waals surface area contributed by atoms with E-state index in [1.54, 1.807) is 0 Å². The highest BCUT2D eigenvalue weighted by molar-refractivity contribution is 5.21. The Morgan fingerprint density at radius 1 is 1.10 bits per heavy atom. The highest BCUT2D eigenvalue weighted by Gasteiger charge is 2.34. The third kappa shape index (κ3) is 3.49. The highest BCUT2D eigenvalue weighted by atomic mass is 15.2. The first kappa shape index (κ1) is 15.1. The molecule has 1 saturated carbocycles. The Hall–Kier alpha value is -0.860. The predicted octanol–water partition coefficient (Wildman–Crippen LogP) is 3.63. The summed E-state index contributed by atoms with van der Waals surface area (Å²) in [4.78, 5) is 2.69. The second-order valence-corrected chi connectivity index (χ2v) is 7.21. The minimum absolute atomic E-state index is 0.617. The molecule has 116 valence electrons. The van der Waals surface area contributed by atoms with Gasteiger partial charge in [-0.3, -0.25) is 4.90 Å². The summed E-state index contributed by atoms with van der Waals surface area (Å²) < 4.78 is 0. The molecule has 2 N–H and O–H groups in total. The van der Waals surface area contributed by atoms with E-state index >= 15 is 0 Å². The summed E-state index contributed by atoms with van der Waals surface area (Å²) in [6.07, 6.45) is 6.86. The van der Waals surface area contributed by atoms with Gasteiger partial charge < -0.3 is 5.73 Å². The topological polar surface area (TPSA) is 29.3 Å². The molecule has 3 rings (SSSR count). The van der Waals surface area contributed by atoms with Gasteiger partial charge in [0.1, 0.15) is 0 Å². The number of benzene rings is 1. The maximum absolute atomic E-state index is 6.16. The fraction of sp³-hybridized carbons (Fsp3) is 0.684. The van der Waals surface area contributed by atoms with Crippen molar-refractivity contribution in [2.75, 3.05) is 19.6 Å². The second kappa shape index (κ2) is 6.93. The first-order chi connectivity index (χ1) is 10.3. The Labute approximate surface area is 129 Å². The fourth-order valence-electron chi connectivity index (χ4n) is 4.40. The molecule has 1 aromatic carbocycles. The van der Waals surface area contributed by atoms with E-state index in [1.807, 2.05) is 0 Å². The molecular weight excluding hydrogens is 256 g/mol. The lowest BCUT2D eigenvalue weighted by molar-refractivity contribution is 0.133. The van der Waals surface area contributed by atoms with E-state index in [9.17, 15) is 0 Å². The second-order valence-electron chi connectivity index (χ2n) is 7.21. The van der Waals surface area contributed by atoms with Crippen molar-refractivity contribution in [2.24, 2.45) is 17.6 Å². The zero-order chi connectivity index (χ0) is 14.7. The third-order valence-corrected chi connectivity index (χ3v) is 5.81. The van der Waals surface area contributed by atoms with Crippen LogP contribution in [0.4, 0.5) is 0 Å². The van der Waals surface area contributed by atoms with Crippen molar-refractivity contribution in [2.45, 2.75) is 51.0 Å². The summed E-state index contributed by atoms with van der Waals surface area (Å²) in [5, 5.41) is 0. The van der Waals surface area contributed by atoms with E-state index in [0.29, 0.717) is 12.0 Å². The van der Waals surface area contributed by atoms with Crippen LogP contribution in [0.2, 0.25) is 0 Å². The molecule has 2 heteroatoms. The van der Waals surface area contributed by atoms with Crippen molar-refractivity contribution in [1.82, 2.24) is 4.90 Å². The molecule has 2 aliphatic rings. The maximum Gasteiger partial charge on any atom is 0.0246 e. The molecular formula is C19H30N2. The molecule has 0 bridgehead atoms. The summed E-state index contributed by atoms with van der Waals surface area (Å²) in [6.45, 7) is 5.67. The van der Waals surface area contributed by atoms with E-state index in [1.165, 1.54) is 50.8 Å². The SMILES string of the molecule is CC1CCC(C(CN)N2CCC(c3ccccc3)C2)CC1. The number of nitrogens with zero attached hydrogens (tertiary/aromatic N) is 1. The number of hydrogen-bond acceptors (Lipinski definition) is 2. The van der Waals surface area contributed by atoms with Crippen LogP contribution in [0, 0.1) is 11.8 Å². The molecule has 0 amide bonds. The standard InChI is InChI=1S/C19H30N2/c1-15-7-9-17(10-8-15)19(13-20)21-12-11-18(14-21)16-5-3-2-4-6-16/h2-6,15,17-19H,7-14,20H2,1H3. The molecule has 21 heavy (non-hydrogen) atoms. The van der Waals surface area contributed by atoms with Gasteiger partial charge >= 0.3 is 0 Å². The molecule has 2 atom stereocenters. The van der Waals surface area contributed by atoms with Crippen LogP contribution < -0.4 is 5.73 Å². The molecule has 2 fully saturated rings. The van der Waals surface area contributed by atoms with Crippen LogP contribution in [0.5, 0.6) is 0 Å². The molecule has 2 unspecified atom stereocenters. The van der Waals surface area contributed by atoms with Crippen LogP contribution in [-0.4, -0.2) is 30.6 Å². The average molecular weight is 286 g/mol. The van der Waals surface area contributed by atoms with Gasteiger partial charge in [-0.05, 0) is 49.1 Å². The van der Waals surface area contributed by atoms with E-state index in [2.05, 4.69) is 42.2 Å². The first-order valence-electron chi connectivity index (χ1n) is 8.77. The fourth-order valence-corrected chi connectivity index (χ4v) is 4.40. The molecule has 0 aromatic heterocycles. The van der Waals surface area contributed by atoms with Crippen LogP contribution in [0.1, 0.15) is 50.5 Å². The van der Waals surface area contributed by atoms with Crippen LogP contribution >= 0.6 is 0 Å². The van der Waals surface area contributed by atoms with Crippen molar-refractivity contribution in [3.05, 3.63) is 35.9 Å². The van der Waals surface area contributed by atoms with Crippen LogP contribution in [0.3, 0.4) is 0 Å². The Morgan fingerprint density at radius 3 is 2.48 bits per heavy atom. The molecule has 1 aliphatic heterocycles. The van der Waals surface area contributed by atoms with Gasteiger partial charge in [0.2, 0.25) is 0 Å². The molecule has 1 aromatic rings. The smallest absolute Gasteiger partial charge is 0.0246 e. The van der Waals surface area contributed by atoms with Crippen LogP contribution in [0.15, 0.2) is 30.3 Å². The summed E-state index contributed by atoms with van der Waals surface area (Å²) in [6, 6.07) is 11.6. The molecule has 0 spiro atoms. The first-order valence-corrected chi connectivity index (χ1v) is 8.77. The third-order valence-electron chi connectivity index (χ3n) is 5.81. The summed E-state index contributed by atoms with van der Waals surface area (Å²) >= 11 is 0. The van der Waals surface area contributed by atoms with E-state index in [4.69, 9.17) is 5.73 Å². The lowest BCUT2D eigenvalue weighted by atomic mass is 9.79. The highest BCUT2D eigenvalue weighted by Crippen LogP contribution is 2.35. The number of rotatable bonds is 4. The largest absolute Gasteiger partial charge is 0.329 e. The van der Waals surface area contributed by atoms with Gasteiger partial charge in [-0.25, -0.2) is 0 Å². The van der Waals surface area contributed by atoms with Crippen molar-refractivity contribution >= 4 is 0 Å². The Kier molecular flexibility index (Phi) is 4.97. The zero-order valence-corrected chi connectivity index (χ0v) is 13.4. The quantitative estimate of drug-likeness (QED) is 0.916. The Morgan fingerprint density at radius 2 is 1.81 bits per heavy atom. The Balaban J connectivity index is 1.61. The van der Waals surface area contributed by atoms with Crippen molar-refractivity contribution in [3.63, 3.8) is 0 Å². The zero-order valence-electron chi connectivity index (χ0n) is 13.4. The molecule has 1 aliphatic carbocycles. The minimum Gasteiger partial charge on any atom is -0.329 e. The summed E-state index contributed by atoms with van der Waals surface area (Å²) in [5.41, 5.74) is 7.67. The number of hydrogen-bond donors (Lipinski definition) is 1. The normalized spacial score (nSPS) is 32.2. The summed E-state index contributed by atoms with van der Waals surface area (Å²) in [7, 11) is 0. The van der Waals surface area contributed by atoms with Gasteiger partial charge in [-0.15, -0.1) is 0 Å². The van der Waals surface area contributed by atoms with Gasteiger partial charge in [-0.1, -0.05) is 50.1 Å². The lowest BCUT2D eigenvalue weighted by Crippen LogP contribution is -2.45. The van der Waals surface area contributed by atoms with E-state index < -0.39 is 0 Å². The molecule has 0 radical (unpaired) electrons. The van der Waals surface area contributed by atoms with Crippen molar-refractivity contribution < 1.29 is 0 Å². The molecule has 1 saturated heterocycles. The van der Waals surface area contributed by atoms with Crippen molar-refractivity contribution in [3.8, 4) is 0 Å². The van der Waals surface area contributed by atoms with Crippen LogP contribution in [0.25, 0.3) is 0 Å². The summed E-state index contributed by atoms with van der Waals surface area (Å²) in [5.74, 6) is 2.47. The maximum atomic E-state index is 6.16. The van der Waals surface area contributed by atoms with E-state index in [0.717, 1.165) is 18.4 Å². The monoisotopic (exact) mass is 286 g/mol.